The minimum atomic E-state index is -3.05. The van der Waals surface area contributed by atoms with Crippen LogP contribution in [0.4, 0.5) is 5.69 Å². The summed E-state index contributed by atoms with van der Waals surface area (Å²) in [6.45, 7) is 9.57. The normalized spacial score (nSPS) is 26.9. The maximum absolute atomic E-state index is 12.5. The van der Waals surface area contributed by atoms with Gasteiger partial charge in [0.15, 0.2) is 15.0 Å². The predicted molar refractivity (Wildman–Crippen MR) is 104 cm³/mol. The van der Waals surface area contributed by atoms with Crippen molar-refractivity contribution in [1.82, 2.24) is 0 Å². The first-order valence-electron chi connectivity index (χ1n) is 8.35. The van der Waals surface area contributed by atoms with Gasteiger partial charge in [0.1, 0.15) is 0 Å². The second-order valence-corrected chi connectivity index (χ2v) is 11.2. The van der Waals surface area contributed by atoms with Crippen molar-refractivity contribution >= 4 is 38.4 Å². The zero-order valence-electron chi connectivity index (χ0n) is 15.2. The Morgan fingerprint density at radius 3 is 2.56 bits per heavy atom. The molecule has 1 aromatic rings. The third-order valence-corrected chi connectivity index (χ3v) is 7.95. The highest BCUT2D eigenvalue weighted by Gasteiger charge is 2.49. The molecule has 2 fully saturated rings. The lowest BCUT2D eigenvalue weighted by Crippen LogP contribution is -2.38. The molecule has 2 saturated heterocycles. The van der Waals surface area contributed by atoms with Gasteiger partial charge in [-0.3, -0.25) is 4.79 Å². The fraction of sp³-hybridized carbons (Fsp3) is 0.556. The maximum atomic E-state index is 12.5. The molecular weight excluding hydrogens is 356 g/mol. The van der Waals surface area contributed by atoms with Crippen LogP contribution >= 0.6 is 11.8 Å². The van der Waals surface area contributed by atoms with Crippen LogP contribution in [0.3, 0.4) is 0 Å². The SMILES string of the molecule is Cc1cccc(N2C(=NC(=O)C(C)(C)C)SC3CS(=O)(=O)CC32)c1C. The molecule has 0 saturated carbocycles. The quantitative estimate of drug-likeness (QED) is 0.749. The predicted octanol–water partition coefficient (Wildman–Crippen LogP) is 2.95. The molecular formula is C18H24N2O3S2. The molecule has 3 rings (SSSR count). The van der Waals surface area contributed by atoms with E-state index in [0.717, 1.165) is 16.8 Å². The number of aliphatic imine (C=N–C) groups is 1. The van der Waals surface area contributed by atoms with Crippen LogP contribution in [0.25, 0.3) is 0 Å². The zero-order chi connectivity index (χ0) is 18.6. The molecule has 7 heteroatoms. The van der Waals surface area contributed by atoms with Gasteiger partial charge in [-0.2, -0.15) is 4.99 Å². The number of hydrogen-bond donors (Lipinski definition) is 0. The summed E-state index contributed by atoms with van der Waals surface area (Å²) in [6.07, 6.45) is 0. The molecule has 2 atom stereocenters. The van der Waals surface area contributed by atoms with Gasteiger partial charge in [-0.05, 0) is 31.0 Å². The minimum absolute atomic E-state index is 0.0727. The number of hydrogen-bond acceptors (Lipinski definition) is 4. The first kappa shape index (κ1) is 18.5. The lowest BCUT2D eigenvalue weighted by atomic mass is 9.96. The van der Waals surface area contributed by atoms with Crippen molar-refractivity contribution in [3.63, 3.8) is 0 Å². The number of benzene rings is 1. The van der Waals surface area contributed by atoms with Crippen molar-refractivity contribution in [2.24, 2.45) is 10.4 Å². The highest BCUT2D eigenvalue weighted by Crippen LogP contribution is 2.42. The molecule has 0 aliphatic carbocycles. The smallest absolute Gasteiger partial charge is 0.253 e. The third-order valence-electron chi connectivity index (χ3n) is 4.74. The Balaban J connectivity index is 2.09. The Morgan fingerprint density at radius 1 is 1.24 bits per heavy atom. The van der Waals surface area contributed by atoms with Crippen LogP contribution < -0.4 is 4.90 Å². The molecule has 0 spiro atoms. The van der Waals surface area contributed by atoms with Crippen molar-refractivity contribution in [2.45, 2.75) is 45.9 Å². The van der Waals surface area contributed by atoms with E-state index in [-0.39, 0.29) is 28.7 Å². The number of carbonyl (C=O) groups is 1. The Bertz CT molecular complexity index is 854. The van der Waals surface area contributed by atoms with E-state index in [1.54, 1.807) is 0 Å². The molecule has 2 aliphatic heterocycles. The molecule has 0 bridgehead atoms. The lowest BCUT2D eigenvalue weighted by molar-refractivity contribution is -0.124. The number of thioether (sulfide) groups is 1. The topological polar surface area (TPSA) is 66.8 Å². The van der Waals surface area contributed by atoms with Crippen molar-refractivity contribution in [3.05, 3.63) is 29.3 Å². The van der Waals surface area contributed by atoms with E-state index < -0.39 is 15.3 Å². The maximum Gasteiger partial charge on any atom is 0.253 e. The van der Waals surface area contributed by atoms with E-state index in [1.165, 1.54) is 11.8 Å². The fourth-order valence-electron chi connectivity index (χ4n) is 3.10. The highest BCUT2D eigenvalue weighted by molar-refractivity contribution is 8.16. The van der Waals surface area contributed by atoms with Crippen molar-refractivity contribution in [1.29, 1.82) is 0 Å². The first-order chi connectivity index (χ1) is 11.5. The average Bonchev–Trinajstić information content (AvgIpc) is 2.92. The molecule has 0 N–H and O–H groups in total. The van der Waals surface area contributed by atoms with Crippen LogP contribution in [0.5, 0.6) is 0 Å². The first-order valence-corrected chi connectivity index (χ1v) is 11.1. The number of carbonyl (C=O) groups excluding carboxylic acids is 1. The molecule has 1 aromatic carbocycles. The molecule has 0 radical (unpaired) electrons. The van der Waals surface area contributed by atoms with Crippen LogP contribution in [-0.4, -0.2) is 42.3 Å². The summed E-state index contributed by atoms with van der Waals surface area (Å²) in [5.41, 5.74) is 2.60. The Morgan fingerprint density at radius 2 is 1.92 bits per heavy atom. The van der Waals surface area contributed by atoms with Crippen LogP contribution in [0.1, 0.15) is 31.9 Å². The second kappa shape index (κ2) is 6.13. The standard InChI is InChI=1S/C18H24N2O3S2/c1-11-7-6-8-13(12(11)2)20-14-9-25(22,23)10-15(14)24-17(20)19-16(21)18(3,4)5/h6-8,14-15H,9-10H2,1-5H3. The molecule has 0 aromatic heterocycles. The van der Waals surface area contributed by atoms with Gasteiger partial charge in [-0.25, -0.2) is 8.42 Å². The zero-order valence-corrected chi connectivity index (χ0v) is 16.9. The van der Waals surface area contributed by atoms with E-state index in [2.05, 4.69) is 4.99 Å². The fourth-order valence-corrected chi connectivity index (χ4v) is 7.00. The third kappa shape index (κ3) is 3.49. The molecule has 2 unspecified atom stereocenters. The van der Waals surface area contributed by atoms with Crippen LogP contribution in [-0.2, 0) is 14.6 Å². The minimum Gasteiger partial charge on any atom is -0.315 e. The number of sulfone groups is 1. The Labute approximate surface area is 153 Å². The summed E-state index contributed by atoms with van der Waals surface area (Å²) in [4.78, 5) is 18.8. The van der Waals surface area contributed by atoms with E-state index in [4.69, 9.17) is 0 Å². The monoisotopic (exact) mass is 380 g/mol. The Hall–Kier alpha value is -1.34. The number of aryl methyl sites for hydroxylation is 1. The molecule has 2 aliphatic rings. The van der Waals surface area contributed by atoms with Gasteiger partial charge in [0.05, 0.1) is 17.5 Å². The summed E-state index contributed by atoms with van der Waals surface area (Å²) < 4.78 is 24.2. The molecule has 2 heterocycles. The van der Waals surface area contributed by atoms with Gasteiger partial charge in [-0.15, -0.1) is 0 Å². The largest absolute Gasteiger partial charge is 0.315 e. The van der Waals surface area contributed by atoms with E-state index in [1.807, 2.05) is 57.7 Å². The van der Waals surface area contributed by atoms with Gasteiger partial charge >= 0.3 is 0 Å². The lowest BCUT2D eigenvalue weighted by Gasteiger charge is -2.27. The molecule has 5 nitrogen and oxygen atoms in total. The summed E-state index contributed by atoms with van der Waals surface area (Å²) in [5, 5.41) is 0.551. The number of nitrogens with zero attached hydrogens (tertiary/aromatic N) is 2. The summed E-state index contributed by atoms with van der Waals surface area (Å²) >= 11 is 1.42. The molecule has 25 heavy (non-hydrogen) atoms. The summed E-state index contributed by atoms with van der Waals surface area (Å²) in [7, 11) is -3.05. The van der Waals surface area contributed by atoms with Crippen LogP contribution in [0.15, 0.2) is 23.2 Å². The van der Waals surface area contributed by atoms with Crippen LogP contribution in [0.2, 0.25) is 0 Å². The van der Waals surface area contributed by atoms with E-state index in [9.17, 15) is 13.2 Å². The summed E-state index contributed by atoms with van der Waals surface area (Å²) in [5.74, 6) is 0.0702. The van der Waals surface area contributed by atoms with Gasteiger partial charge in [0.2, 0.25) is 0 Å². The van der Waals surface area contributed by atoms with Gasteiger partial charge in [0.25, 0.3) is 5.91 Å². The Kier molecular flexibility index (Phi) is 4.52. The number of amidine groups is 1. The van der Waals surface area contributed by atoms with E-state index in [0.29, 0.717) is 5.17 Å². The second-order valence-electron chi connectivity index (χ2n) is 7.84. The van der Waals surface area contributed by atoms with Crippen molar-refractivity contribution in [3.8, 4) is 0 Å². The van der Waals surface area contributed by atoms with E-state index >= 15 is 0 Å². The number of amides is 1. The number of anilines is 1. The highest BCUT2D eigenvalue weighted by atomic mass is 32.2. The number of fused-ring (bicyclic) bond motifs is 1. The van der Waals surface area contributed by atoms with Gasteiger partial charge < -0.3 is 4.90 Å². The van der Waals surface area contributed by atoms with Crippen molar-refractivity contribution in [2.75, 3.05) is 16.4 Å². The summed E-state index contributed by atoms with van der Waals surface area (Å²) in [6, 6.07) is 5.81. The number of rotatable bonds is 1. The van der Waals surface area contributed by atoms with Crippen LogP contribution in [0, 0.1) is 19.3 Å². The molecule has 136 valence electrons. The average molecular weight is 381 g/mol. The van der Waals surface area contributed by atoms with Gasteiger partial charge in [-0.1, -0.05) is 44.7 Å². The van der Waals surface area contributed by atoms with Gasteiger partial charge in [0, 0.05) is 16.4 Å². The van der Waals surface area contributed by atoms with Crippen molar-refractivity contribution < 1.29 is 13.2 Å². The molecule has 1 amide bonds.